The second-order valence-corrected chi connectivity index (χ2v) is 9.04. The zero-order valence-electron chi connectivity index (χ0n) is 15.2. The highest BCUT2D eigenvalue weighted by atomic mass is 127. The predicted molar refractivity (Wildman–Crippen MR) is 119 cm³/mol. The van der Waals surface area contributed by atoms with Crippen LogP contribution in [0.3, 0.4) is 0 Å². The Morgan fingerprint density at radius 2 is 2.04 bits per heavy atom. The summed E-state index contributed by atoms with van der Waals surface area (Å²) in [5, 5.41) is 6.15. The minimum Gasteiger partial charge on any atom is -0.444 e. The first kappa shape index (κ1) is 24.1. The Morgan fingerprint density at radius 3 is 2.59 bits per heavy atom. The van der Waals surface area contributed by atoms with E-state index in [1.165, 1.54) is 6.07 Å². The number of nitrogens with one attached hydrogen (secondary N) is 3. The number of halogens is 2. The lowest BCUT2D eigenvalue weighted by atomic mass is 10.4. The van der Waals surface area contributed by atoms with Gasteiger partial charge in [-0.1, -0.05) is 11.6 Å². The Bertz CT molecular complexity index is 847. The van der Waals surface area contributed by atoms with Gasteiger partial charge >= 0.3 is 0 Å². The van der Waals surface area contributed by atoms with Crippen molar-refractivity contribution >= 4 is 62.9 Å². The van der Waals surface area contributed by atoms with Crippen LogP contribution in [0.15, 0.2) is 25.8 Å². The zero-order valence-corrected chi connectivity index (χ0v) is 19.9. The fourth-order valence-corrected chi connectivity index (χ4v) is 4.53. The molecule has 0 atom stereocenters. The van der Waals surface area contributed by atoms with E-state index in [4.69, 9.17) is 16.0 Å². The summed E-state index contributed by atoms with van der Waals surface area (Å²) in [5.74, 6) is 1.86. The van der Waals surface area contributed by atoms with Crippen molar-refractivity contribution in [3.05, 3.63) is 33.8 Å². The van der Waals surface area contributed by atoms with Gasteiger partial charge in [0.05, 0.1) is 10.0 Å². The van der Waals surface area contributed by atoms with Crippen LogP contribution in [0.25, 0.3) is 0 Å². The number of rotatable bonds is 8. The molecule has 152 valence electrons. The van der Waals surface area contributed by atoms with Gasteiger partial charge in [-0.25, -0.2) is 23.1 Å². The van der Waals surface area contributed by atoms with Gasteiger partial charge in [0.2, 0.25) is 15.9 Å². The molecule has 0 spiro atoms. The Kier molecular flexibility index (Phi) is 10.0. The highest BCUT2D eigenvalue weighted by Gasteiger charge is 2.15. The number of hydrogen-bond donors (Lipinski definition) is 3. The number of nitrogens with zero attached hydrogens (tertiary/aromatic N) is 2. The van der Waals surface area contributed by atoms with E-state index in [1.807, 2.05) is 20.8 Å². The number of oxazole rings is 1. The minimum absolute atomic E-state index is 0. The third kappa shape index (κ3) is 7.56. The second kappa shape index (κ2) is 11.2. The van der Waals surface area contributed by atoms with Crippen LogP contribution in [0.1, 0.15) is 24.3 Å². The average Bonchev–Trinajstić information content (AvgIpc) is 3.15. The highest BCUT2D eigenvalue weighted by molar-refractivity contribution is 14.0. The van der Waals surface area contributed by atoms with Gasteiger partial charge in [-0.05, 0) is 32.9 Å². The van der Waals surface area contributed by atoms with Crippen LogP contribution < -0.4 is 15.4 Å². The summed E-state index contributed by atoms with van der Waals surface area (Å²) in [6, 6.07) is 3.04. The lowest BCUT2D eigenvalue weighted by Crippen LogP contribution is -2.41. The van der Waals surface area contributed by atoms with E-state index in [0.29, 0.717) is 35.8 Å². The molecule has 0 fully saturated rings. The van der Waals surface area contributed by atoms with Gasteiger partial charge in [0.25, 0.3) is 0 Å². The Hall–Kier alpha value is -0.890. The first-order chi connectivity index (χ1) is 12.3. The maximum absolute atomic E-state index is 12.1. The molecule has 0 unspecified atom stereocenters. The lowest BCUT2D eigenvalue weighted by molar-refractivity contribution is 0.473. The van der Waals surface area contributed by atoms with Crippen LogP contribution in [0.5, 0.6) is 0 Å². The summed E-state index contributed by atoms with van der Waals surface area (Å²) in [4.78, 5) is 8.66. The standard InChI is InChI=1S/C15H22ClN5O3S2.HI/c1-4-17-15(19-9-13-21-10(2)11(3)24-13)18-7-8-20-26(22,23)14-6-5-12(16)25-14;/h5-6,20H,4,7-9H2,1-3H3,(H2,17,18,19);1H. The summed E-state index contributed by atoms with van der Waals surface area (Å²) in [5.41, 5.74) is 0.844. The second-order valence-electron chi connectivity index (χ2n) is 5.33. The fourth-order valence-electron chi connectivity index (χ4n) is 1.97. The third-order valence-corrected chi connectivity index (χ3v) is 6.50. The molecule has 2 aromatic heterocycles. The SMILES string of the molecule is CCNC(=NCc1nc(C)c(C)o1)NCCNS(=O)(=O)c1ccc(Cl)s1.I. The Balaban J connectivity index is 0.00000364. The minimum atomic E-state index is -3.55. The molecule has 8 nitrogen and oxygen atoms in total. The smallest absolute Gasteiger partial charge is 0.250 e. The van der Waals surface area contributed by atoms with E-state index in [2.05, 4.69) is 25.3 Å². The molecule has 0 bridgehead atoms. The number of hydrogen-bond acceptors (Lipinski definition) is 6. The van der Waals surface area contributed by atoms with Crippen LogP contribution >= 0.6 is 46.9 Å². The monoisotopic (exact) mass is 547 g/mol. The molecule has 0 radical (unpaired) electrons. The maximum Gasteiger partial charge on any atom is 0.250 e. The quantitative estimate of drug-likeness (QED) is 0.203. The van der Waals surface area contributed by atoms with E-state index < -0.39 is 10.0 Å². The van der Waals surface area contributed by atoms with Crippen LogP contribution in [0.2, 0.25) is 4.34 Å². The number of aryl methyl sites for hydroxylation is 2. The van der Waals surface area contributed by atoms with E-state index in [9.17, 15) is 8.42 Å². The molecule has 0 amide bonds. The van der Waals surface area contributed by atoms with Gasteiger partial charge in [0, 0.05) is 19.6 Å². The van der Waals surface area contributed by atoms with Gasteiger partial charge in [0.1, 0.15) is 16.5 Å². The molecule has 0 aromatic carbocycles. The summed E-state index contributed by atoms with van der Waals surface area (Å²) >= 11 is 6.79. The van der Waals surface area contributed by atoms with Crippen molar-refractivity contribution in [3.8, 4) is 0 Å². The summed E-state index contributed by atoms with van der Waals surface area (Å²) in [6.07, 6.45) is 0. The molecule has 2 heterocycles. The van der Waals surface area contributed by atoms with Gasteiger partial charge in [0.15, 0.2) is 5.96 Å². The summed E-state index contributed by atoms with van der Waals surface area (Å²) in [7, 11) is -3.55. The molecular weight excluding hydrogens is 525 g/mol. The number of aliphatic imine (C=N–C) groups is 1. The van der Waals surface area contributed by atoms with Gasteiger partial charge < -0.3 is 15.1 Å². The van der Waals surface area contributed by atoms with Crippen LogP contribution in [-0.2, 0) is 16.6 Å². The zero-order chi connectivity index (χ0) is 19.2. The molecular formula is C15H23ClIN5O3S2. The Labute approximate surface area is 185 Å². The largest absolute Gasteiger partial charge is 0.444 e. The van der Waals surface area contributed by atoms with Crippen LogP contribution in [0.4, 0.5) is 0 Å². The fraction of sp³-hybridized carbons (Fsp3) is 0.467. The van der Waals surface area contributed by atoms with E-state index in [-0.39, 0.29) is 34.7 Å². The molecule has 3 N–H and O–H groups in total. The number of guanidine groups is 1. The molecule has 0 aliphatic rings. The lowest BCUT2D eigenvalue weighted by Gasteiger charge is -2.11. The van der Waals surface area contributed by atoms with Crippen molar-refractivity contribution in [2.75, 3.05) is 19.6 Å². The normalized spacial score (nSPS) is 11.9. The van der Waals surface area contributed by atoms with Crippen LogP contribution in [0, 0.1) is 13.8 Å². The maximum atomic E-state index is 12.1. The number of sulfonamides is 1. The molecule has 0 saturated carbocycles. The molecule has 2 rings (SSSR count). The van der Waals surface area contributed by atoms with Crippen molar-refractivity contribution < 1.29 is 12.8 Å². The van der Waals surface area contributed by atoms with Gasteiger partial charge in [-0.15, -0.1) is 35.3 Å². The molecule has 2 aromatic rings. The molecule has 0 aliphatic carbocycles. The first-order valence-corrected chi connectivity index (χ1v) is 10.7. The van der Waals surface area contributed by atoms with Crippen molar-refractivity contribution in [1.29, 1.82) is 0 Å². The molecule has 12 heteroatoms. The topological polar surface area (TPSA) is 109 Å². The summed E-state index contributed by atoms with van der Waals surface area (Å²) in [6.45, 7) is 7.22. The van der Waals surface area contributed by atoms with E-state index >= 15 is 0 Å². The predicted octanol–water partition coefficient (Wildman–Crippen LogP) is 2.66. The molecule has 0 aliphatic heterocycles. The van der Waals surface area contributed by atoms with Crippen molar-refractivity contribution in [3.63, 3.8) is 0 Å². The van der Waals surface area contributed by atoms with Crippen molar-refractivity contribution in [1.82, 2.24) is 20.3 Å². The summed E-state index contributed by atoms with van der Waals surface area (Å²) < 4.78 is 32.8. The number of thiophene rings is 1. The Morgan fingerprint density at radius 1 is 1.30 bits per heavy atom. The first-order valence-electron chi connectivity index (χ1n) is 8.02. The van der Waals surface area contributed by atoms with Gasteiger partial charge in [-0.3, -0.25) is 0 Å². The number of aromatic nitrogens is 1. The van der Waals surface area contributed by atoms with Crippen molar-refractivity contribution in [2.24, 2.45) is 4.99 Å². The third-order valence-electron chi connectivity index (χ3n) is 3.31. The molecule has 0 saturated heterocycles. The van der Waals surface area contributed by atoms with E-state index in [0.717, 1.165) is 22.8 Å². The van der Waals surface area contributed by atoms with Crippen molar-refractivity contribution in [2.45, 2.75) is 31.5 Å². The highest BCUT2D eigenvalue weighted by Crippen LogP contribution is 2.25. The van der Waals surface area contributed by atoms with Gasteiger partial charge in [-0.2, -0.15) is 0 Å². The molecule has 27 heavy (non-hydrogen) atoms. The average molecular weight is 548 g/mol. The van der Waals surface area contributed by atoms with Crippen LogP contribution in [-0.4, -0.2) is 39.0 Å². The van der Waals surface area contributed by atoms with E-state index in [1.54, 1.807) is 6.07 Å².